The van der Waals surface area contributed by atoms with Gasteiger partial charge in [-0.2, -0.15) is 5.26 Å². The standard InChI is InChI=1S/C15H11BrN2O3/c1-9-4-11(16)6-13(15(19)20)14(9)21-8-10-2-3-18-12(5-10)7-17/h2-6H,8H2,1H3,(H,19,20). The zero-order valence-electron chi connectivity index (χ0n) is 11.1. The first-order valence-corrected chi connectivity index (χ1v) is 6.82. The summed E-state index contributed by atoms with van der Waals surface area (Å²) < 4.78 is 6.31. The number of nitriles is 1. The minimum absolute atomic E-state index is 0.0939. The zero-order valence-corrected chi connectivity index (χ0v) is 12.7. The number of benzene rings is 1. The number of aromatic carboxylic acids is 1. The summed E-state index contributed by atoms with van der Waals surface area (Å²) in [5.41, 5.74) is 1.86. The number of carboxylic acid groups (broad SMARTS) is 1. The van der Waals surface area contributed by atoms with Crippen molar-refractivity contribution in [2.45, 2.75) is 13.5 Å². The van der Waals surface area contributed by atoms with Crippen LogP contribution >= 0.6 is 15.9 Å². The summed E-state index contributed by atoms with van der Waals surface area (Å²) in [6.45, 7) is 1.94. The Kier molecular flexibility index (Phi) is 4.55. The molecular weight excluding hydrogens is 336 g/mol. The summed E-state index contributed by atoms with van der Waals surface area (Å²) in [4.78, 5) is 15.2. The van der Waals surface area contributed by atoms with Crippen molar-refractivity contribution in [1.82, 2.24) is 4.98 Å². The van der Waals surface area contributed by atoms with Crippen LogP contribution in [0.2, 0.25) is 0 Å². The van der Waals surface area contributed by atoms with E-state index in [-0.39, 0.29) is 12.2 Å². The molecule has 0 unspecified atom stereocenters. The lowest BCUT2D eigenvalue weighted by molar-refractivity contribution is 0.0691. The normalized spacial score (nSPS) is 9.95. The van der Waals surface area contributed by atoms with E-state index in [0.717, 1.165) is 11.1 Å². The van der Waals surface area contributed by atoms with Crippen molar-refractivity contribution >= 4 is 21.9 Å². The molecule has 6 heteroatoms. The molecule has 2 aromatic rings. The van der Waals surface area contributed by atoms with Gasteiger partial charge in [0.25, 0.3) is 0 Å². The topological polar surface area (TPSA) is 83.2 Å². The monoisotopic (exact) mass is 346 g/mol. The fourth-order valence-corrected chi connectivity index (χ4v) is 2.43. The average molecular weight is 347 g/mol. The number of hydrogen-bond acceptors (Lipinski definition) is 4. The number of rotatable bonds is 4. The average Bonchev–Trinajstić information content (AvgIpc) is 2.45. The summed E-state index contributed by atoms with van der Waals surface area (Å²) >= 11 is 3.27. The predicted molar refractivity (Wildman–Crippen MR) is 79.1 cm³/mol. The van der Waals surface area contributed by atoms with Crippen LogP contribution in [0.1, 0.15) is 27.2 Å². The van der Waals surface area contributed by atoms with Crippen molar-refractivity contribution in [3.8, 4) is 11.8 Å². The molecule has 106 valence electrons. The van der Waals surface area contributed by atoms with Crippen LogP contribution in [0.15, 0.2) is 34.9 Å². The molecule has 1 aromatic carbocycles. The number of hydrogen-bond donors (Lipinski definition) is 1. The van der Waals surface area contributed by atoms with E-state index in [9.17, 15) is 9.90 Å². The number of halogens is 1. The molecule has 0 radical (unpaired) electrons. The minimum Gasteiger partial charge on any atom is -0.488 e. The van der Waals surface area contributed by atoms with Crippen LogP contribution in [0.5, 0.6) is 5.75 Å². The van der Waals surface area contributed by atoms with Gasteiger partial charge in [-0.25, -0.2) is 9.78 Å². The predicted octanol–water partition coefficient (Wildman–Crippen LogP) is 3.30. The lowest BCUT2D eigenvalue weighted by Gasteiger charge is -2.12. The van der Waals surface area contributed by atoms with Gasteiger partial charge in [0.1, 0.15) is 29.7 Å². The summed E-state index contributed by atoms with van der Waals surface area (Å²) in [5, 5.41) is 18.0. The van der Waals surface area contributed by atoms with Gasteiger partial charge in [-0.1, -0.05) is 15.9 Å². The lowest BCUT2D eigenvalue weighted by atomic mass is 10.1. The summed E-state index contributed by atoms with van der Waals surface area (Å²) in [6.07, 6.45) is 1.52. The second-order valence-corrected chi connectivity index (χ2v) is 5.27. The molecule has 0 aliphatic carbocycles. The van der Waals surface area contributed by atoms with Gasteiger partial charge in [0.05, 0.1) is 0 Å². The molecule has 1 N–H and O–H groups in total. The van der Waals surface area contributed by atoms with Gasteiger partial charge in [0, 0.05) is 10.7 Å². The molecule has 21 heavy (non-hydrogen) atoms. The van der Waals surface area contributed by atoms with E-state index in [1.54, 1.807) is 25.1 Å². The molecule has 0 spiro atoms. The fourth-order valence-electron chi connectivity index (χ4n) is 1.86. The highest BCUT2D eigenvalue weighted by Gasteiger charge is 2.15. The molecule has 0 saturated heterocycles. The number of carboxylic acids is 1. The number of pyridine rings is 1. The highest BCUT2D eigenvalue weighted by atomic mass is 79.9. The van der Waals surface area contributed by atoms with E-state index in [1.807, 2.05) is 6.07 Å². The second-order valence-electron chi connectivity index (χ2n) is 4.35. The van der Waals surface area contributed by atoms with Crippen molar-refractivity contribution < 1.29 is 14.6 Å². The van der Waals surface area contributed by atoms with Crippen LogP contribution in [-0.2, 0) is 6.61 Å². The molecule has 1 heterocycles. The van der Waals surface area contributed by atoms with Crippen molar-refractivity contribution in [3.05, 3.63) is 57.3 Å². The van der Waals surface area contributed by atoms with Crippen LogP contribution < -0.4 is 4.74 Å². The SMILES string of the molecule is Cc1cc(Br)cc(C(=O)O)c1OCc1ccnc(C#N)c1. The van der Waals surface area contributed by atoms with Crippen LogP contribution in [-0.4, -0.2) is 16.1 Å². The van der Waals surface area contributed by atoms with Gasteiger partial charge in [-0.15, -0.1) is 0 Å². The number of carbonyl (C=O) groups is 1. The third-order valence-electron chi connectivity index (χ3n) is 2.79. The van der Waals surface area contributed by atoms with Crippen molar-refractivity contribution in [2.75, 3.05) is 0 Å². The first-order valence-electron chi connectivity index (χ1n) is 6.02. The molecule has 0 amide bonds. The van der Waals surface area contributed by atoms with E-state index in [0.29, 0.717) is 15.9 Å². The maximum Gasteiger partial charge on any atom is 0.339 e. The van der Waals surface area contributed by atoms with Gasteiger partial charge in [0.15, 0.2) is 0 Å². The Bertz CT molecular complexity index is 738. The molecule has 1 aromatic heterocycles. The fraction of sp³-hybridized carbons (Fsp3) is 0.133. The molecular formula is C15H11BrN2O3. The first-order chi connectivity index (χ1) is 10.0. The van der Waals surface area contributed by atoms with Crippen LogP contribution in [0, 0.1) is 18.3 Å². The Balaban J connectivity index is 2.27. The van der Waals surface area contributed by atoms with E-state index in [2.05, 4.69) is 20.9 Å². The van der Waals surface area contributed by atoms with Crippen LogP contribution in [0.3, 0.4) is 0 Å². The van der Waals surface area contributed by atoms with Crippen molar-refractivity contribution in [3.63, 3.8) is 0 Å². The Morgan fingerprint density at radius 1 is 1.48 bits per heavy atom. The molecule has 0 bridgehead atoms. The van der Waals surface area contributed by atoms with Crippen LogP contribution in [0.25, 0.3) is 0 Å². The van der Waals surface area contributed by atoms with Crippen molar-refractivity contribution in [2.24, 2.45) is 0 Å². The Labute approximate surface area is 129 Å². The second kappa shape index (κ2) is 6.37. The molecule has 2 rings (SSSR count). The van der Waals surface area contributed by atoms with Gasteiger partial charge < -0.3 is 9.84 Å². The third kappa shape index (κ3) is 3.58. The Hall–Kier alpha value is -2.39. The molecule has 0 saturated carbocycles. The maximum absolute atomic E-state index is 11.3. The minimum atomic E-state index is -1.05. The molecule has 0 aliphatic heterocycles. The summed E-state index contributed by atoms with van der Waals surface area (Å²) in [6, 6.07) is 8.56. The number of aromatic nitrogens is 1. The molecule has 0 fully saturated rings. The number of nitrogens with zero attached hydrogens (tertiary/aromatic N) is 2. The van der Waals surface area contributed by atoms with Crippen LogP contribution in [0.4, 0.5) is 0 Å². The highest BCUT2D eigenvalue weighted by molar-refractivity contribution is 9.10. The molecule has 0 aliphatic rings. The third-order valence-corrected chi connectivity index (χ3v) is 3.25. The Morgan fingerprint density at radius 3 is 2.90 bits per heavy atom. The zero-order chi connectivity index (χ0) is 15.4. The van der Waals surface area contributed by atoms with Crippen molar-refractivity contribution in [1.29, 1.82) is 5.26 Å². The number of aryl methyl sites for hydroxylation is 1. The quantitative estimate of drug-likeness (QED) is 0.918. The first kappa shape index (κ1) is 15.0. The Morgan fingerprint density at radius 2 is 2.24 bits per heavy atom. The smallest absolute Gasteiger partial charge is 0.339 e. The molecule has 5 nitrogen and oxygen atoms in total. The largest absolute Gasteiger partial charge is 0.488 e. The van der Waals surface area contributed by atoms with Gasteiger partial charge in [-0.3, -0.25) is 0 Å². The summed E-state index contributed by atoms with van der Waals surface area (Å²) in [5.74, 6) is -0.733. The van der Waals surface area contributed by atoms with E-state index in [4.69, 9.17) is 10.00 Å². The van der Waals surface area contributed by atoms with E-state index >= 15 is 0 Å². The number of ether oxygens (including phenoxy) is 1. The lowest BCUT2D eigenvalue weighted by Crippen LogP contribution is -2.05. The van der Waals surface area contributed by atoms with E-state index < -0.39 is 5.97 Å². The van der Waals surface area contributed by atoms with Gasteiger partial charge >= 0.3 is 5.97 Å². The maximum atomic E-state index is 11.3. The summed E-state index contributed by atoms with van der Waals surface area (Å²) in [7, 11) is 0. The van der Waals surface area contributed by atoms with Gasteiger partial charge in [-0.05, 0) is 42.3 Å². The van der Waals surface area contributed by atoms with Gasteiger partial charge in [0.2, 0.25) is 0 Å². The van der Waals surface area contributed by atoms with E-state index in [1.165, 1.54) is 12.3 Å². The highest BCUT2D eigenvalue weighted by Crippen LogP contribution is 2.28. The molecule has 0 atom stereocenters.